The number of nitrogens with zero attached hydrogens (tertiary/aromatic N) is 2. The molecule has 2 rings (SSSR count). The molecule has 122 valence electrons. The Bertz CT molecular complexity index is 677. The van der Waals surface area contributed by atoms with Gasteiger partial charge in [0.25, 0.3) is 5.91 Å². The van der Waals surface area contributed by atoms with Gasteiger partial charge in [-0.3, -0.25) is 4.79 Å². The van der Waals surface area contributed by atoms with Gasteiger partial charge in [0.05, 0.1) is 17.9 Å². The molecule has 6 heteroatoms. The van der Waals surface area contributed by atoms with E-state index in [0.717, 1.165) is 5.69 Å². The highest BCUT2D eigenvalue weighted by Crippen LogP contribution is 2.15. The Hall–Kier alpha value is -2.50. The second-order valence-corrected chi connectivity index (χ2v) is 5.02. The predicted octanol–water partition coefficient (Wildman–Crippen LogP) is 2.69. The molecule has 0 bridgehead atoms. The summed E-state index contributed by atoms with van der Waals surface area (Å²) in [7, 11) is 0. The van der Waals surface area contributed by atoms with Crippen LogP contribution in [0.1, 0.15) is 35.2 Å². The summed E-state index contributed by atoms with van der Waals surface area (Å²) < 4.78 is 18.7. The highest BCUT2D eigenvalue weighted by Gasteiger charge is 2.12. The van der Waals surface area contributed by atoms with Crippen LogP contribution in [0.15, 0.2) is 30.5 Å². The van der Waals surface area contributed by atoms with E-state index >= 15 is 0 Å². The number of benzene rings is 1. The number of rotatable bonds is 7. The smallest absolute Gasteiger partial charge is 0.254 e. The van der Waals surface area contributed by atoms with Crippen LogP contribution in [0.4, 0.5) is 4.39 Å². The van der Waals surface area contributed by atoms with Crippen molar-refractivity contribution >= 4 is 5.91 Å². The van der Waals surface area contributed by atoms with Gasteiger partial charge < -0.3 is 10.1 Å². The lowest BCUT2D eigenvalue weighted by molar-refractivity contribution is 0.0949. The zero-order chi connectivity index (χ0) is 16.7. The third-order valence-corrected chi connectivity index (χ3v) is 3.27. The van der Waals surface area contributed by atoms with Gasteiger partial charge in [-0.15, -0.1) is 0 Å². The quantitative estimate of drug-likeness (QED) is 0.798. The monoisotopic (exact) mass is 317 g/mol. The number of nitrogens with one attached hydrogen (secondary N) is 1. The van der Waals surface area contributed by atoms with Crippen molar-refractivity contribution in [1.29, 1.82) is 0 Å². The van der Waals surface area contributed by atoms with Crippen LogP contribution < -0.4 is 10.1 Å². The largest absolute Gasteiger partial charge is 0.490 e. The van der Waals surface area contributed by atoms with E-state index in [4.69, 9.17) is 4.74 Å². The Labute approximate surface area is 134 Å². The lowest BCUT2D eigenvalue weighted by Crippen LogP contribution is -2.27. The third-order valence-electron chi connectivity index (χ3n) is 3.27. The summed E-state index contributed by atoms with van der Waals surface area (Å²) >= 11 is 0. The Morgan fingerprint density at radius 3 is 2.87 bits per heavy atom. The van der Waals surface area contributed by atoms with Crippen LogP contribution in [-0.2, 0) is 6.42 Å². The molecule has 1 aromatic carbocycles. The molecule has 0 aliphatic rings. The van der Waals surface area contributed by atoms with Gasteiger partial charge in [-0.1, -0.05) is 19.1 Å². The van der Waals surface area contributed by atoms with Crippen LogP contribution in [0.2, 0.25) is 0 Å². The minimum absolute atomic E-state index is 0.201. The SMILES string of the molecule is CCc1nc(C)ncc1C(=O)NCCCOc1ccccc1F. The second kappa shape index (κ2) is 8.22. The lowest BCUT2D eigenvalue weighted by atomic mass is 10.1. The molecule has 0 saturated carbocycles. The number of hydrogen-bond donors (Lipinski definition) is 1. The van der Waals surface area contributed by atoms with E-state index < -0.39 is 0 Å². The first-order chi connectivity index (χ1) is 11.1. The minimum Gasteiger partial charge on any atom is -0.490 e. The van der Waals surface area contributed by atoms with Crippen molar-refractivity contribution < 1.29 is 13.9 Å². The Balaban J connectivity index is 1.78. The first-order valence-corrected chi connectivity index (χ1v) is 7.60. The Morgan fingerprint density at radius 1 is 1.35 bits per heavy atom. The van der Waals surface area contributed by atoms with Gasteiger partial charge in [0.15, 0.2) is 11.6 Å². The summed E-state index contributed by atoms with van der Waals surface area (Å²) in [6, 6.07) is 6.24. The maximum atomic E-state index is 13.4. The van der Waals surface area contributed by atoms with Crippen LogP contribution in [-0.4, -0.2) is 29.0 Å². The molecule has 23 heavy (non-hydrogen) atoms. The van der Waals surface area contributed by atoms with E-state index in [1.54, 1.807) is 31.3 Å². The molecular formula is C17H20FN3O2. The fourth-order valence-electron chi connectivity index (χ4n) is 2.09. The summed E-state index contributed by atoms with van der Waals surface area (Å²) in [5.74, 6) is 0.282. The number of carbonyl (C=O) groups excluding carboxylic acids is 1. The van der Waals surface area contributed by atoms with Crippen molar-refractivity contribution in [3.63, 3.8) is 0 Å². The Kier molecular flexibility index (Phi) is 6.02. The van der Waals surface area contributed by atoms with E-state index in [9.17, 15) is 9.18 Å². The van der Waals surface area contributed by atoms with Crippen molar-refractivity contribution in [2.45, 2.75) is 26.7 Å². The van der Waals surface area contributed by atoms with Gasteiger partial charge in [-0.25, -0.2) is 14.4 Å². The molecule has 0 aliphatic carbocycles. The molecule has 0 saturated heterocycles. The van der Waals surface area contributed by atoms with E-state index in [-0.39, 0.29) is 17.5 Å². The number of amides is 1. The molecule has 5 nitrogen and oxygen atoms in total. The first kappa shape index (κ1) is 16.9. The normalized spacial score (nSPS) is 10.4. The molecule has 1 N–H and O–H groups in total. The minimum atomic E-state index is -0.388. The van der Waals surface area contributed by atoms with Crippen LogP contribution in [0, 0.1) is 12.7 Å². The fourth-order valence-corrected chi connectivity index (χ4v) is 2.09. The molecule has 0 fully saturated rings. The molecular weight excluding hydrogens is 297 g/mol. The number of halogens is 1. The summed E-state index contributed by atoms with van der Waals surface area (Å²) in [6.45, 7) is 4.50. The number of para-hydroxylation sites is 1. The maximum absolute atomic E-state index is 13.4. The average molecular weight is 317 g/mol. The summed E-state index contributed by atoms with van der Waals surface area (Å²) in [5.41, 5.74) is 1.23. The topological polar surface area (TPSA) is 64.1 Å². The summed E-state index contributed by atoms with van der Waals surface area (Å²) in [5, 5.41) is 2.80. The molecule has 0 unspecified atom stereocenters. The Morgan fingerprint density at radius 2 is 2.13 bits per heavy atom. The predicted molar refractivity (Wildman–Crippen MR) is 85.0 cm³/mol. The lowest BCUT2D eigenvalue weighted by Gasteiger charge is -2.09. The second-order valence-electron chi connectivity index (χ2n) is 5.02. The molecule has 0 radical (unpaired) electrons. The molecule has 0 atom stereocenters. The van der Waals surface area contributed by atoms with E-state index in [2.05, 4.69) is 15.3 Å². The average Bonchev–Trinajstić information content (AvgIpc) is 2.55. The van der Waals surface area contributed by atoms with E-state index in [0.29, 0.717) is 37.4 Å². The van der Waals surface area contributed by atoms with Gasteiger partial charge in [0.2, 0.25) is 0 Å². The number of aryl methyl sites for hydroxylation is 2. The van der Waals surface area contributed by atoms with Crippen molar-refractivity contribution in [2.75, 3.05) is 13.2 Å². The number of ether oxygens (including phenoxy) is 1. The molecule has 0 aliphatic heterocycles. The van der Waals surface area contributed by atoms with Crippen molar-refractivity contribution in [3.05, 3.63) is 53.4 Å². The number of hydrogen-bond acceptors (Lipinski definition) is 4. The van der Waals surface area contributed by atoms with E-state index in [1.807, 2.05) is 6.92 Å². The molecule has 1 aromatic heterocycles. The number of aromatic nitrogens is 2. The highest BCUT2D eigenvalue weighted by atomic mass is 19.1. The van der Waals surface area contributed by atoms with Crippen LogP contribution in [0.5, 0.6) is 5.75 Å². The van der Waals surface area contributed by atoms with Crippen LogP contribution in [0.25, 0.3) is 0 Å². The van der Waals surface area contributed by atoms with Crippen molar-refractivity contribution in [2.24, 2.45) is 0 Å². The van der Waals surface area contributed by atoms with E-state index in [1.165, 1.54) is 6.07 Å². The zero-order valence-electron chi connectivity index (χ0n) is 13.3. The standard InChI is InChI=1S/C17H20FN3O2/c1-3-15-13(11-20-12(2)21-15)17(22)19-9-6-10-23-16-8-5-4-7-14(16)18/h4-5,7-8,11H,3,6,9-10H2,1-2H3,(H,19,22). The molecule has 0 spiro atoms. The van der Waals surface area contributed by atoms with Crippen LogP contribution >= 0.6 is 0 Å². The molecule has 1 amide bonds. The number of carbonyl (C=O) groups is 1. The van der Waals surface area contributed by atoms with Gasteiger partial charge in [0.1, 0.15) is 5.82 Å². The fraction of sp³-hybridized carbons (Fsp3) is 0.353. The summed E-state index contributed by atoms with van der Waals surface area (Å²) in [6.07, 6.45) is 2.79. The zero-order valence-corrected chi connectivity index (χ0v) is 13.3. The maximum Gasteiger partial charge on any atom is 0.254 e. The molecule has 1 heterocycles. The van der Waals surface area contributed by atoms with Crippen molar-refractivity contribution in [1.82, 2.24) is 15.3 Å². The summed E-state index contributed by atoms with van der Waals surface area (Å²) in [4.78, 5) is 20.5. The van der Waals surface area contributed by atoms with Crippen molar-refractivity contribution in [3.8, 4) is 5.75 Å². The van der Waals surface area contributed by atoms with Gasteiger partial charge in [-0.2, -0.15) is 0 Å². The third kappa shape index (κ3) is 4.74. The first-order valence-electron chi connectivity index (χ1n) is 7.60. The molecule has 2 aromatic rings. The van der Waals surface area contributed by atoms with Gasteiger partial charge in [-0.05, 0) is 31.9 Å². The van der Waals surface area contributed by atoms with Gasteiger partial charge in [0, 0.05) is 12.7 Å². The van der Waals surface area contributed by atoms with Gasteiger partial charge >= 0.3 is 0 Å². The highest BCUT2D eigenvalue weighted by molar-refractivity contribution is 5.94. The van der Waals surface area contributed by atoms with Crippen LogP contribution in [0.3, 0.4) is 0 Å².